The fourth-order valence-corrected chi connectivity index (χ4v) is 7.25. The van der Waals surface area contributed by atoms with Gasteiger partial charge in [-0.25, -0.2) is 18.3 Å². The summed E-state index contributed by atoms with van der Waals surface area (Å²) in [5, 5.41) is 42.3. The summed E-state index contributed by atoms with van der Waals surface area (Å²) in [5.41, 5.74) is 10.4. The van der Waals surface area contributed by atoms with Crippen molar-refractivity contribution in [3.63, 3.8) is 0 Å². The predicted octanol–water partition coefficient (Wildman–Crippen LogP) is -5.22. The third-order valence-electron chi connectivity index (χ3n) is 8.20. The number of hydrogen-bond acceptors (Lipinski definition) is 18. The van der Waals surface area contributed by atoms with Crippen LogP contribution in [0, 0.1) is 0 Å². The lowest BCUT2D eigenvalue weighted by Crippen LogP contribution is -2.46. The first kappa shape index (κ1) is 38.0. The number of hydrogen-bond donors (Lipinski definition) is 10. The summed E-state index contributed by atoms with van der Waals surface area (Å²) in [6.07, 6.45) is -9.06. The van der Waals surface area contributed by atoms with Crippen molar-refractivity contribution in [3.05, 3.63) is 33.4 Å². The number of rotatable bonds is 13. The van der Waals surface area contributed by atoms with Crippen LogP contribution < -0.4 is 31.7 Å². The highest BCUT2D eigenvalue weighted by atomic mass is 31.2. The van der Waals surface area contributed by atoms with E-state index in [1.165, 1.54) is 45.0 Å². The van der Waals surface area contributed by atoms with E-state index < -0.39 is 102 Å². The number of anilines is 2. The molecule has 0 aromatic carbocycles. The Morgan fingerprint density at radius 2 is 1.10 bits per heavy atom. The summed E-state index contributed by atoms with van der Waals surface area (Å²) in [5.74, 6) is -0.429. The van der Waals surface area contributed by atoms with E-state index in [0.717, 1.165) is 0 Å². The molecule has 4 unspecified atom stereocenters. The van der Waals surface area contributed by atoms with Crippen LogP contribution in [0.2, 0.25) is 0 Å². The molecular weight excluding hydrogens is 746 g/mol. The summed E-state index contributed by atoms with van der Waals surface area (Å²) >= 11 is 0. The molecule has 6 rings (SSSR count). The maximum Gasteiger partial charge on any atom is 0.472 e. The number of nitrogen functional groups attached to an aromatic ring is 2. The van der Waals surface area contributed by atoms with Gasteiger partial charge in [0.15, 0.2) is 12.7 Å². The lowest BCUT2D eigenvalue weighted by atomic mass is 10.1. The smallest absolute Gasteiger partial charge is 0.387 e. The second kappa shape index (κ2) is 14.3. The van der Waals surface area contributed by atoms with Crippen molar-refractivity contribution in [2.75, 3.05) is 37.9 Å². The monoisotopic (exact) mass is 782 g/mol. The predicted molar refractivity (Wildman–Crippen MR) is 167 cm³/mol. The molecule has 0 aliphatic carbocycles. The number of aromatic amines is 2. The molecule has 2 saturated heterocycles. The Balaban J connectivity index is 0.974. The number of ether oxygens (including phenoxy) is 2. The topological polar surface area (TPSA) is 372 Å². The number of nitrogens with two attached hydrogens (primary N) is 2. The molecule has 0 saturated carbocycles. The second-order valence-electron chi connectivity index (χ2n) is 11.8. The van der Waals surface area contributed by atoms with E-state index >= 15 is 0 Å². The van der Waals surface area contributed by atoms with Gasteiger partial charge in [-0.05, 0) is 0 Å². The Morgan fingerprint density at radius 1 is 0.731 bits per heavy atom. The standard InChI is InChI=1S/C24H34N10O16P2/c1-31-7-33(17-11(31)19(39)29-23(25)27-17)21-15(37)13(35)9(49-21)5-47-51(41,42)45-3-4-46-52(43,44)48-6-10-14(36)16(38)22(50-10)34-8-32(2)12-18(34)28-24(26)30-20(12)40/h7-10,13-16,21-22,35-38H,3-6H2,1-2H3,(H6-2,25,26,27,28,29,30,39,40,41,42,43,44)/p+2/t9-,10-,13-,14-,15-,16-,21?,22?/m1/s1. The Morgan fingerprint density at radius 3 is 1.46 bits per heavy atom. The fraction of sp³-hybridized carbons (Fsp3) is 0.583. The number of fused-ring (bicyclic) bond motifs is 2. The van der Waals surface area contributed by atoms with Crippen LogP contribution in [0.5, 0.6) is 0 Å². The molecule has 12 N–H and O–H groups in total. The molecule has 2 aliphatic rings. The van der Waals surface area contributed by atoms with Crippen molar-refractivity contribution in [3.8, 4) is 0 Å². The van der Waals surface area contributed by atoms with E-state index in [4.69, 9.17) is 39.0 Å². The molecule has 52 heavy (non-hydrogen) atoms. The number of phosphoric acid groups is 2. The largest absolute Gasteiger partial charge is 0.472 e. The molecule has 4 aromatic heterocycles. The summed E-state index contributed by atoms with van der Waals surface area (Å²) in [7, 11) is -6.73. The van der Waals surface area contributed by atoms with Gasteiger partial charge in [-0.2, -0.15) is 0 Å². The molecule has 0 amide bonds. The molecule has 2 fully saturated rings. The molecule has 6 heterocycles. The third kappa shape index (κ3) is 7.39. The number of imidazole rings is 2. The average molecular weight is 783 g/mol. The number of aryl methyl sites for hydroxylation is 2. The minimum atomic E-state index is -4.89. The molecule has 4 aromatic rings. The number of aliphatic hydroxyl groups excluding tert-OH is 4. The normalized spacial score (nSPS) is 28.8. The zero-order chi connectivity index (χ0) is 37.9. The number of aliphatic hydroxyl groups is 4. The number of nitrogens with one attached hydrogen (secondary N) is 2. The van der Waals surface area contributed by atoms with Crippen LogP contribution >= 0.6 is 15.6 Å². The maximum atomic E-state index is 12.4. The number of aromatic nitrogens is 8. The molecule has 0 bridgehead atoms. The first-order chi connectivity index (χ1) is 24.4. The van der Waals surface area contributed by atoms with Gasteiger partial charge in [0.25, 0.3) is 23.0 Å². The summed E-state index contributed by atoms with van der Waals surface area (Å²) in [4.78, 5) is 57.6. The van der Waals surface area contributed by atoms with Crippen LogP contribution in [0.15, 0.2) is 22.2 Å². The van der Waals surface area contributed by atoms with Crippen molar-refractivity contribution in [1.29, 1.82) is 0 Å². The fourth-order valence-electron chi connectivity index (χ4n) is 5.82. The van der Waals surface area contributed by atoms with Crippen molar-refractivity contribution in [2.24, 2.45) is 14.1 Å². The molecule has 286 valence electrons. The van der Waals surface area contributed by atoms with Crippen LogP contribution in [0.25, 0.3) is 22.3 Å². The van der Waals surface area contributed by atoms with Crippen LogP contribution in [-0.2, 0) is 50.8 Å². The average Bonchev–Trinajstić information content (AvgIpc) is 3.74. The molecule has 0 radical (unpaired) electrons. The van der Waals surface area contributed by atoms with Gasteiger partial charge < -0.3 is 51.2 Å². The van der Waals surface area contributed by atoms with E-state index in [-0.39, 0.29) is 34.2 Å². The van der Waals surface area contributed by atoms with Gasteiger partial charge in [-0.1, -0.05) is 9.97 Å². The van der Waals surface area contributed by atoms with Gasteiger partial charge in [-0.15, -0.1) is 0 Å². The van der Waals surface area contributed by atoms with Crippen LogP contribution in [-0.4, -0.2) is 122 Å². The third-order valence-corrected chi connectivity index (χ3v) is 10.2. The van der Waals surface area contributed by atoms with Gasteiger partial charge >= 0.3 is 26.9 Å². The van der Waals surface area contributed by atoms with Crippen molar-refractivity contribution < 1.29 is 76.0 Å². The zero-order valence-electron chi connectivity index (χ0n) is 27.1. The zero-order valence-corrected chi connectivity index (χ0v) is 28.9. The second-order valence-corrected chi connectivity index (χ2v) is 14.7. The summed E-state index contributed by atoms with van der Waals surface area (Å²) in [6.45, 7) is -3.07. The molecule has 26 nitrogen and oxygen atoms in total. The molecular formula is C24H36N10O16P2+2. The quantitative estimate of drug-likeness (QED) is 0.0344. The first-order valence-corrected chi connectivity index (χ1v) is 18.2. The summed E-state index contributed by atoms with van der Waals surface area (Å²) < 4.78 is 60.7. The van der Waals surface area contributed by atoms with E-state index in [0.29, 0.717) is 0 Å². The summed E-state index contributed by atoms with van der Waals surface area (Å²) in [6, 6.07) is 0. The highest BCUT2D eigenvalue weighted by molar-refractivity contribution is 7.47. The van der Waals surface area contributed by atoms with Crippen molar-refractivity contribution in [2.45, 2.75) is 49.1 Å². The number of phosphoric ester groups is 2. The molecule has 2 aliphatic heterocycles. The lowest BCUT2D eigenvalue weighted by molar-refractivity contribution is -0.746. The van der Waals surface area contributed by atoms with Crippen LogP contribution in [0.1, 0.15) is 12.5 Å². The molecule has 28 heteroatoms. The SMILES string of the molecule is Cn1c[n+](C2O[C@H](COP(=O)(O)OCCOP(=O)(O)OC[C@H]3OC([n+]4cn(C)c5c(=O)[nH]c(N)nc54)[C@H](O)[C@@H]3O)[C@@H](O)[C@H]2O)c2nc(N)[nH]c(=O)c21. The Hall–Kier alpha value is -3.72. The van der Waals surface area contributed by atoms with Crippen molar-refractivity contribution in [1.82, 2.24) is 29.1 Å². The molecule has 10 atom stereocenters. The van der Waals surface area contributed by atoms with Gasteiger partial charge in [0.2, 0.25) is 23.5 Å². The Kier molecular flexibility index (Phi) is 10.4. The van der Waals surface area contributed by atoms with Crippen LogP contribution in [0.3, 0.4) is 0 Å². The van der Waals surface area contributed by atoms with E-state index in [9.17, 15) is 48.9 Å². The van der Waals surface area contributed by atoms with E-state index in [1.54, 1.807) is 0 Å². The maximum absolute atomic E-state index is 12.4. The molecule has 0 spiro atoms. The first-order valence-electron chi connectivity index (χ1n) is 15.2. The minimum absolute atomic E-state index is 0.0268. The highest BCUT2D eigenvalue weighted by Crippen LogP contribution is 2.46. The van der Waals surface area contributed by atoms with Crippen LogP contribution in [0.4, 0.5) is 11.9 Å². The Labute approximate surface area is 289 Å². The van der Waals surface area contributed by atoms with Gasteiger partial charge in [0.1, 0.15) is 36.6 Å². The highest BCUT2D eigenvalue weighted by Gasteiger charge is 2.49. The lowest BCUT2D eigenvalue weighted by Gasteiger charge is -2.18. The Bertz CT molecular complexity index is 2040. The van der Waals surface area contributed by atoms with Gasteiger partial charge in [-0.3, -0.25) is 46.8 Å². The van der Waals surface area contributed by atoms with Gasteiger partial charge in [0.05, 0.1) is 40.5 Å². The van der Waals surface area contributed by atoms with E-state index in [1.807, 2.05) is 0 Å². The number of nitrogens with zero attached hydrogens (tertiary/aromatic N) is 6. The van der Waals surface area contributed by atoms with Crippen molar-refractivity contribution >= 4 is 49.9 Å². The number of H-pyrrole nitrogens is 2. The minimum Gasteiger partial charge on any atom is -0.387 e. The van der Waals surface area contributed by atoms with E-state index in [2.05, 4.69) is 19.9 Å². The van der Waals surface area contributed by atoms with Gasteiger partial charge in [0, 0.05) is 0 Å².